The number of aryl methyl sites for hydroxylation is 1. The summed E-state index contributed by atoms with van der Waals surface area (Å²) >= 11 is 0. The highest BCUT2D eigenvalue weighted by molar-refractivity contribution is 7.89. The molecule has 1 aromatic carbocycles. The van der Waals surface area contributed by atoms with Gasteiger partial charge in [-0.25, -0.2) is 13.1 Å². The number of amides is 1. The van der Waals surface area contributed by atoms with E-state index in [4.69, 9.17) is 0 Å². The lowest BCUT2D eigenvalue weighted by Crippen LogP contribution is -2.29. The van der Waals surface area contributed by atoms with E-state index in [1.165, 1.54) is 0 Å². The summed E-state index contributed by atoms with van der Waals surface area (Å²) in [5.74, 6) is -0.178. The van der Waals surface area contributed by atoms with Crippen LogP contribution in [0.2, 0.25) is 0 Å². The van der Waals surface area contributed by atoms with E-state index >= 15 is 0 Å². The average Bonchev–Trinajstić information content (AvgIpc) is 3.01. The third-order valence-corrected chi connectivity index (χ3v) is 4.60. The lowest BCUT2D eigenvalue weighted by Gasteiger charge is -2.07. The maximum Gasteiger partial charge on any atom is 0.252 e. The largest absolute Gasteiger partial charge is 0.367 e. The van der Waals surface area contributed by atoms with Gasteiger partial charge in [0.2, 0.25) is 10.0 Å². The molecule has 0 aliphatic heterocycles. The Labute approximate surface area is 130 Å². The molecule has 1 aromatic heterocycles. The van der Waals surface area contributed by atoms with Gasteiger partial charge in [-0.2, -0.15) is 0 Å². The molecule has 3 N–H and O–H groups in total. The molecule has 2 aromatic rings. The fourth-order valence-electron chi connectivity index (χ4n) is 1.86. The minimum Gasteiger partial charge on any atom is -0.367 e. The molecular formula is C15H19N3O3S. The van der Waals surface area contributed by atoms with Crippen LogP contribution in [0.4, 0.5) is 0 Å². The Morgan fingerprint density at radius 1 is 1.14 bits per heavy atom. The molecule has 0 fully saturated rings. The number of aromatic nitrogens is 1. The van der Waals surface area contributed by atoms with E-state index in [1.807, 2.05) is 6.92 Å². The number of benzene rings is 1. The van der Waals surface area contributed by atoms with Crippen LogP contribution in [0, 0.1) is 6.92 Å². The normalized spacial score (nSPS) is 11.3. The first-order valence-electron chi connectivity index (χ1n) is 6.96. The molecule has 0 saturated carbocycles. The van der Waals surface area contributed by atoms with Crippen LogP contribution in [0.25, 0.3) is 0 Å². The van der Waals surface area contributed by atoms with E-state index < -0.39 is 10.0 Å². The lowest BCUT2D eigenvalue weighted by molar-refractivity contribution is 0.0953. The van der Waals surface area contributed by atoms with Gasteiger partial charge in [0.15, 0.2) is 0 Å². The van der Waals surface area contributed by atoms with Gasteiger partial charge in [-0.05, 0) is 31.5 Å². The molecule has 0 aliphatic carbocycles. The van der Waals surface area contributed by atoms with Crippen LogP contribution in [-0.2, 0) is 10.0 Å². The van der Waals surface area contributed by atoms with Crippen LogP contribution in [0.5, 0.6) is 0 Å². The summed E-state index contributed by atoms with van der Waals surface area (Å²) in [6.07, 6.45) is 3.79. The van der Waals surface area contributed by atoms with Crippen LogP contribution >= 0.6 is 0 Å². The van der Waals surface area contributed by atoms with Gasteiger partial charge < -0.3 is 10.3 Å². The summed E-state index contributed by atoms with van der Waals surface area (Å²) in [5, 5.41) is 2.72. The Bertz CT molecular complexity index is 707. The second-order valence-electron chi connectivity index (χ2n) is 4.92. The Morgan fingerprint density at radius 2 is 1.86 bits per heavy atom. The number of carbonyl (C=O) groups excluding carboxylic acids is 1. The number of carbonyl (C=O) groups is 1. The van der Waals surface area contributed by atoms with Crippen molar-refractivity contribution in [1.29, 1.82) is 0 Å². The quantitative estimate of drug-likeness (QED) is 0.674. The zero-order valence-corrected chi connectivity index (χ0v) is 13.1. The molecule has 1 amide bonds. The van der Waals surface area contributed by atoms with Gasteiger partial charge in [-0.3, -0.25) is 4.79 Å². The van der Waals surface area contributed by atoms with E-state index in [0.717, 1.165) is 5.56 Å². The minimum absolute atomic E-state index is 0.178. The topological polar surface area (TPSA) is 91.1 Å². The molecule has 0 saturated heterocycles. The molecule has 2 rings (SSSR count). The second kappa shape index (κ2) is 7.24. The van der Waals surface area contributed by atoms with Crippen molar-refractivity contribution in [3.05, 3.63) is 53.9 Å². The molecule has 0 atom stereocenters. The summed E-state index contributed by atoms with van der Waals surface area (Å²) in [6.45, 7) is 2.57. The van der Waals surface area contributed by atoms with Crippen molar-refractivity contribution in [1.82, 2.24) is 15.0 Å². The molecule has 1 heterocycles. The number of H-pyrrole nitrogens is 1. The summed E-state index contributed by atoms with van der Waals surface area (Å²) < 4.78 is 26.6. The fourth-order valence-corrected chi connectivity index (χ4v) is 2.94. The van der Waals surface area contributed by atoms with E-state index in [1.54, 1.807) is 42.7 Å². The Hall–Kier alpha value is -2.12. The average molecular weight is 321 g/mol. The molecule has 0 aliphatic rings. The highest BCUT2D eigenvalue weighted by Gasteiger charge is 2.12. The number of rotatable bonds is 7. The number of sulfonamides is 1. The number of nitrogens with one attached hydrogen (secondary N) is 3. The molecule has 0 bridgehead atoms. The number of hydrogen-bond acceptors (Lipinski definition) is 3. The van der Waals surface area contributed by atoms with Gasteiger partial charge in [0.05, 0.1) is 10.5 Å². The Balaban J connectivity index is 1.74. The summed E-state index contributed by atoms with van der Waals surface area (Å²) in [7, 11) is -3.49. The van der Waals surface area contributed by atoms with Crippen molar-refractivity contribution in [2.75, 3.05) is 13.1 Å². The summed E-state index contributed by atoms with van der Waals surface area (Å²) in [4.78, 5) is 14.7. The van der Waals surface area contributed by atoms with Crippen LogP contribution < -0.4 is 10.0 Å². The van der Waals surface area contributed by atoms with Gasteiger partial charge in [-0.1, -0.05) is 17.7 Å². The van der Waals surface area contributed by atoms with Crippen molar-refractivity contribution >= 4 is 15.9 Å². The Kier molecular flexibility index (Phi) is 5.35. The third kappa shape index (κ3) is 4.44. The molecule has 0 radical (unpaired) electrons. The van der Waals surface area contributed by atoms with Gasteiger partial charge in [-0.15, -0.1) is 0 Å². The van der Waals surface area contributed by atoms with Crippen molar-refractivity contribution in [3.8, 4) is 0 Å². The zero-order valence-electron chi connectivity index (χ0n) is 12.3. The van der Waals surface area contributed by atoms with E-state index in [-0.39, 0.29) is 17.3 Å². The van der Waals surface area contributed by atoms with Crippen molar-refractivity contribution in [2.45, 2.75) is 18.2 Å². The second-order valence-corrected chi connectivity index (χ2v) is 6.69. The number of aromatic amines is 1. The first kappa shape index (κ1) is 16.3. The van der Waals surface area contributed by atoms with Gasteiger partial charge in [0.1, 0.15) is 0 Å². The van der Waals surface area contributed by atoms with Gasteiger partial charge in [0.25, 0.3) is 5.91 Å². The van der Waals surface area contributed by atoms with Gasteiger partial charge >= 0.3 is 0 Å². The van der Waals surface area contributed by atoms with Crippen LogP contribution in [0.1, 0.15) is 22.3 Å². The first-order chi connectivity index (χ1) is 10.5. The van der Waals surface area contributed by atoms with E-state index in [0.29, 0.717) is 18.5 Å². The monoisotopic (exact) mass is 321 g/mol. The van der Waals surface area contributed by atoms with Gasteiger partial charge in [0, 0.05) is 25.5 Å². The van der Waals surface area contributed by atoms with Crippen molar-refractivity contribution < 1.29 is 13.2 Å². The maximum absolute atomic E-state index is 12.0. The zero-order chi connectivity index (χ0) is 16.0. The molecular weight excluding hydrogens is 302 g/mol. The SMILES string of the molecule is Cc1ccc(S(=O)(=O)NCCCNC(=O)c2cc[nH]c2)cc1. The van der Waals surface area contributed by atoms with Crippen LogP contribution in [0.3, 0.4) is 0 Å². The third-order valence-electron chi connectivity index (χ3n) is 3.12. The molecule has 22 heavy (non-hydrogen) atoms. The Morgan fingerprint density at radius 3 is 2.50 bits per heavy atom. The highest BCUT2D eigenvalue weighted by Crippen LogP contribution is 2.09. The molecule has 7 heteroatoms. The standard InChI is InChI=1S/C15H19N3O3S/c1-12-3-5-14(6-4-12)22(20,21)18-9-2-8-17-15(19)13-7-10-16-11-13/h3-7,10-11,16,18H,2,8-9H2,1H3,(H,17,19). The smallest absolute Gasteiger partial charge is 0.252 e. The van der Waals surface area contributed by atoms with E-state index in [9.17, 15) is 13.2 Å². The lowest BCUT2D eigenvalue weighted by atomic mass is 10.2. The van der Waals surface area contributed by atoms with Crippen molar-refractivity contribution in [2.24, 2.45) is 0 Å². The summed E-state index contributed by atoms with van der Waals surface area (Å²) in [5.41, 5.74) is 1.56. The molecule has 118 valence electrons. The van der Waals surface area contributed by atoms with E-state index in [2.05, 4.69) is 15.0 Å². The number of hydrogen-bond donors (Lipinski definition) is 3. The fraction of sp³-hybridized carbons (Fsp3) is 0.267. The maximum atomic E-state index is 12.0. The first-order valence-corrected chi connectivity index (χ1v) is 8.45. The predicted octanol–water partition coefficient (Wildman–Crippen LogP) is 1.42. The minimum atomic E-state index is -3.49. The predicted molar refractivity (Wildman–Crippen MR) is 84.1 cm³/mol. The molecule has 0 unspecified atom stereocenters. The summed E-state index contributed by atoms with van der Waals surface area (Å²) in [6, 6.07) is 8.34. The van der Waals surface area contributed by atoms with Crippen LogP contribution in [-0.4, -0.2) is 32.4 Å². The highest BCUT2D eigenvalue weighted by atomic mass is 32.2. The van der Waals surface area contributed by atoms with Crippen LogP contribution in [0.15, 0.2) is 47.6 Å². The molecule has 0 spiro atoms. The van der Waals surface area contributed by atoms with Crippen molar-refractivity contribution in [3.63, 3.8) is 0 Å². The molecule has 6 nitrogen and oxygen atoms in total.